The van der Waals surface area contributed by atoms with Gasteiger partial charge in [-0.3, -0.25) is 14.4 Å². The lowest BCUT2D eigenvalue weighted by Gasteiger charge is -2.60. The van der Waals surface area contributed by atoms with Crippen molar-refractivity contribution >= 4 is 17.5 Å². The molecule has 2 saturated carbocycles. The Labute approximate surface area is 207 Å². The van der Waals surface area contributed by atoms with Crippen LogP contribution in [0.5, 0.6) is 0 Å². The molecule has 0 amide bonds. The van der Waals surface area contributed by atoms with Crippen molar-refractivity contribution in [1.29, 1.82) is 0 Å². The molecule has 0 radical (unpaired) electrons. The molecular weight excluding hydrogens is 424 g/mol. The van der Waals surface area contributed by atoms with E-state index >= 15 is 0 Å². The Morgan fingerprint density at radius 1 is 1.06 bits per heavy atom. The number of carbonyl (C=O) groups excluding carboxylic acids is 3. The van der Waals surface area contributed by atoms with Gasteiger partial charge in [-0.1, -0.05) is 53.2 Å². The van der Waals surface area contributed by atoms with Gasteiger partial charge >= 0.3 is 5.97 Å². The Morgan fingerprint density at radius 2 is 1.74 bits per heavy atom. The summed E-state index contributed by atoms with van der Waals surface area (Å²) in [5.74, 6) is 2.11. The minimum atomic E-state index is -0.217. The van der Waals surface area contributed by atoms with Gasteiger partial charge in [-0.15, -0.1) is 0 Å². The largest absolute Gasteiger partial charge is 0.469 e. The van der Waals surface area contributed by atoms with Gasteiger partial charge in [0.15, 0.2) is 0 Å². The lowest BCUT2D eigenvalue weighted by atomic mass is 9.44. The molecule has 4 nitrogen and oxygen atoms in total. The van der Waals surface area contributed by atoms with Crippen LogP contribution in [0.4, 0.5) is 0 Å². The maximum atomic E-state index is 12.7. The molecule has 0 aliphatic heterocycles. The van der Waals surface area contributed by atoms with Gasteiger partial charge in [-0.05, 0) is 85.4 Å². The Morgan fingerprint density at radius 3 is 2.32 bits per heavy atom. The van der Waals surface area contributed by atoms with Gasteiger partial charge in [-0.25, -0.2) is 0 Å². The topological polar surface area (TPSA) is 60.4 Å². The molecule has 0 aromatic heterocycles. The number of allylic oxidation sites excluding steroid dienone is 2. The van der Waals surface area contributed by atoms with E-state index in [-0.39, 0.29) is 33.9 Å². The summed E-state index contributed by atoms with van der Waals surface area (Å²) in [6.45, 7) is 15.5. The summed E-state index contributed by atoms with van der Waals surface area (Å²) < 4.78 is 4.95. The minimum absolute atomic E-state index is 0.0383. The fourth-order valence-electron chi connectivity index (χ4n) is 8.59. The van der Waals surface area contributed by atoms with Crippen molar-refractivity contribution in [3.05, 3.63) is 11.6 Å². The molecule has 3 rings (SSSR count). The molecule has 2 fully saturated rings. The van der Waals surface area contributed by atoms with Gasteiger partial charge in [-0.2, -0.15) is 0 Å². The first kappa shape index (κ1) is 27.1. The van der Waals surface area contributed by atoms with E-state index in [9.17, 15) is 14.4 Å². The second-order valence-corrected chi connectivity index (χ2v) is 12.9. The van der Waals surface area contributed by atoms with E-state index in [0.29, 0.717) is 55.1 Å². The summed E-state index contributed by atoms with van der Waals surface area (Å²) >= 11 is 0. The van der Waals surface area contributed by atoms with Crippen LogP contribution in [0.2, 0.25) is 0 Å². The third kappa shape index (κ3) is 4.55. The van der Waals surface area contributed by atoms with Gasteiger partial charge in [0.25, 0.3) is 0 Å². The van der Waals surface area contributed by atoms with Crippen molar-refractivity contribution in [1.82, 2.24) is 0 Å². The highest BCUT2D eigenvalue weighted by Gasteiger charge is 2.63. The number of esters is 1. The van der Waals surface area contributed by atoms with E-state index in [1.165, 1.54) is 19.1 Å². The number of hydrogen-bond acceptors (Lipinski definition) is 4. The second-order valence-electron chi connectivity index (χ2n) is 12.9. The Hall–Kier alpha value is -1.45. The maximum Gasteiger partial charge on any atom is 0.305 e. The van der Waals surface area contributed by atoms with Gasteiger partial charge in [0.1, 0.15) is 11.6 Å². The van der Waals surface area contributed by atoms with E-state index in [1.54, 1.807) is 6.92 Å². The predicted molar refractivity (Wildman–Crippen MR) is 136 cm³/mol. The highest BCUT2D eigenvalue weighted by molar-refractivity contribution is 5.80. The molecule has 192 valence electrons. The number of fused-ring (bicyclic) bond motifs is 3. The molecule has 7 atom stereocenters. The summed E-state index contributed by atoms with van der Waals surface area (Å²) in [6.07, 6.45) is 10.1. The second kappa shape index (κ2) is 9.90. The molecule has 0 saturated heterocycles. The van der Waals surface area contributed by atoms with Crippen LogP contribution in [0.25, 0.3) is 0 Å². The zero-order chi connectivity index (χ0) is 25.5. The van der Waals surface area contributed by atoms with Gasteiger partial charge in [0.05, 0.1) is 7.11 Å². The summed E-state index contributed by atoms with van der Waals surface area (Å²) in [7, 11) is 1.44. The lowest BCUT2D eigenvalue weighted by Crippen LogP contribution is -2.53. The van der Waals surface area contributed by atoms with Crippen LogP contribution in [-0.4, -0.2) is 24.6 Å². The molecule has 7 unspecified atom stereocenters. The molecule has 3 aliphatic carbocycles. The van der Waals surface area contributed by atoms with Crippen molar-refractivity contribution in [3.8, 4) is 0 Å². The van der Waals surface area contributed by atoms with Crippen LogP contribution in [0.15, 0.2) is 11.6 Å². The summed E-state index contributed by atoms with van der Waals surface area (Å²) in [5.41, 5.74) is 1.57. The first-order chi connectivity index (χ1) is 15.8. The third-order valence-electron chi connectivity index (χ3n) is 10.6. The Kier molecular flexibility index (Phi) is 7.90. The SMILES string of the molecule is COC(=O)CCC1(C)C(C(C)=O)CC=C2C1CCC1(C)C(C(C)CC(=O)CC(C)C)CCC21C. The molecule has 0 bridgehead atoms. The van der Waals surface area contributed by atoms with E-state index in [1.807, 2.05) is 0 Å². The van der Waals surface area contributed by atoms with Crippen LogP contribution in [0.3, 0.4) is 0 Å². The fraction of sp³-hybridized carbons (Fsp3) is 0.833. The number of ketones is 2. The molecular formula is C30H48O4. The van der Waals surface area contributed by atoms with Crippen molar-refractivity contribution in [2.24, 2.45) is 45.8 Å². The molecule has 34 heavy (non-hydrogen) atoms. The third-order valence-corrected chi connectivity index (χ3v) is 10.6. The number of carbonyl (C=O) groups is 3. The number of ether oxygens (including phenoxy) is 1. The minimum Gasteiger partial charge on any atom is -0.469 e. The van der Waals surface area contributed by atoms with Crippen molar-refractivity contribution in [2.45, 2.75) is 106 Å². The average Bonchev–Trinajstić information content (AvgIpc) is 3.03. The zero-order valence-corrected chi connectivity index (χ0v) is 23.0. The van der Waals surface area contributed by atoms with E-state index in [4.69, 9.17) is 4.74 Å². The standard InChI is InChI=1S/C30H48O4/c1-19(2)17-22(32)18-20(3)23-11-15-30(7)26-10-9-24(21(4)31)28(5,14-13-27(33)34-8)25(26)12-16-29(23,30)6/h10,19-20,23-25H,9,11-18H2,1-8H3. The molecule has 0 aromatic rings. The zero-order valence-electron chi connectivity index (χ0n) is 23.0. The maximum absolute atomic E-state index is 12.7. The van der Waals surface area contributed by atoms with E-state index in [0.717, 1.165) is 25.7 Å². The molecule has 0 spiro atoms. The molecule has 0 aromatic carbocycles. The first-order valence-electron chi connectivity index (χ1n) is 13.6. The number of Topliss-reactive ketones (excluding diaryl/α,β-unsaturated/α-hetero) is 2. The van der Waals surface area contributed by atoms with Crippen LogP contribution in [0, 0.1) is 45.8 Å². The molecule has 0 N–H and O–H groups in total. The Bertz CT molecular complexity index is 841. The molecule has 3 aliphatic rings. The van der Waals surface area contributed by atoms with E-state index < -0.39 is 0 Å². The lowest BCUT2D eigenvalue weighted by molar-refractivity contribution is -0.143. The number of methoxy groups -OCH3 is 1. The van der Waals surface area contributed by atoms with E-state index in [2.05, 4.69) is 47.6 Å². The Balaban J connectivity index is 1.90. The highest BCUT2D eigenvalue weighted by Crippen LogP contribution is 2.71. The average molecular weight is 473 g/mol. The quantitative estimate of drug-likeness (QED) is 0.269. The fourth-order valence-corrected chi connectivity index (χ4v) is 8.59. The predicted octanol–water partition coefficient (Wildman–Crippen LogP) is 6.96. The molecule has 4 heteroatoms. The summed E-state index contributed by atoms with van der Waals surface area (Å²) in [6, 6.07) is 0. The van der Waals surface area contributed by atoms with Gasteiger partial charge in [0, 0.05) is 25.2 Å². The number of hydrogen-bond donors (Lipinski definition) is 0. The highest BCUT2D eigenvalue weighted by atomic mass is 16.5. The smallest absolute Gasteiger partial charge is 0.305 e. The van der Waals surface area contributed by atoms with Crippen molar-refractivity contribution in [3.63, 3.8) is 0 Å². The first-order valence-corrected chi connectivity index (χ1v) is 13.6. The monoisotopic (exact) mass is 472 g/mol. The van der Waals surface area contributed by atoms with Crippen molar-refractivity contribution in [2.75, 3.05) is 7.11 Å². The summed E-state index contributed by atoms with van der Waals surface area (Å²) in [5, 5.41) is 0. The number of rotatable bonds is 9. The van der Waals surface area contributed by atoms with Crippen molar-refractivity contribution < 1.29 is 19.1 Å². The molecule has 0 heterocycles. The van der Waals surface area contributed by atoms with Gasteiger partial charge < -0.3 is 4.74 Å². The van der Waals surface area contributed by atoms with Crippen LogP contribution < -0.4 is 0 Å². The summed E-state index contributed by atoms with van der Waals surface area (Å²) in [4.78, 5) is 37.4. The van der Waals surface area contributed by atoms with Gasteiger partial charge in [0.2, 0.25) is 0 Å². The van der Waals surface area contributed by atoms with Crippen LogP contribution in [0.1, 0.15) is 106 Å². The van der Waals surface area contributed by atoms with Crippen LogP contribution >= 0.6 is 0 Å². The normalized spacial score (nSPS) is 38.0. The van der Waals surface area contributed by atoms with Crippen LogP contribution in [-0.2, 0) is 19.1 Å².